The summed E-state index contributed by atoms with van der Waals surface area (Å²) in [6.45, 7) is 6.54. The zero-order valence-corrected chi connectivity index (χ0v) is 20.6. The van der Waals surface area contributed by atoms with Crippen LogP contribution in [0, 0.1) is 0 Å². The molecule has 0 saturated carbocycles. The molecule has 2 heterocycles. The number of nitrogens with zero attached hydrogens (tertiary/aromatic N) is 3. The summed E-state index contributed by atoms with van der Waals surface area (Å²) in [6, 6.07) is 17.3. The summed E-state index contributed by atoms with van der Waals surface area (Å²) in [5, 5.41) is 8.71. The molecule has 2 aromatic carbocycles. The number of para-hydroxylation sites is 1. The number of nitrogens with one attached hydrogen (secondary N) is 1. The lowest BCUT2D eigenvalue weighted by Gasteiger charge is -2.29. The van der Waals surface area contributed by atoms with E-state index in [1.54, 1.807) is 23.4 Å². The molecule has 4 rings (SSSR count). The maximum Gasteiger partial charge on any atom is 0.338 e. The molecule has 8 heteroatoms. The van der Waals surface area contributed by atoms with Crippen molar-refractivity contribution in [1.82, 2.24) is 14.8 Å². The third kappa shape index (κ3) is 5.28. The van der Waals surface area contributed by atoms with E-state index in [2.05, 4.69) is 17.2 Å². The molecule has 3 aromatic rings. The van der Waals surface area contributed by atoms with Crippen LogP contribution in [0.4, 0.5) is 5.95 Å². The maximum absolute atomic E-state index is 13.1. The predicted molar refractivity (Wildman–Crippen MR) is 134 cm³/mol. The number of aromatic nitrogens is 3. The van der Waals surface area contributed by atoms with Crippen molar-refractivity contribution in [2.75, 3.05) is 17.7 Å². The first kappa shape index (κ1) is 23.9. The highest BCUT2D eigenvalue weighted by Gasteiger charge is 2.36. The van der Waals surface area contributed by atoms with E-state index >= 15 is 0 Å². The highest BCUT2D eigenvalue weighted by Crippen LogP contribution is 2.40. The third-order valence-electron chi connectivity index (χ3n) is 5.51. The second kappa shape index (κ2) is 11.2. The Morgan fingerprint density at radius 3 is 2.65 bits per heavy atom. The molecule has 1 unspecified atom stereocenters. The maximum atomic E-state index is 13.1. The van der Waals surface area contributed by atoms with Crippen molar-refractivity contribution < 1.29 is 14.3 Å². The number of allylic oxidation sites excluding steroid dienone is 1. The molecule has 1 aromatic heterocycles. The number of unbranched alkanes of at least 4 members (excludes halogenated alkanes) is 1. The minimum absolute atomic E-state index is 0.289. The van der Waals surface area contributed by atoms with Gasteiger partial charge in [-0.1, -0.05) is 73.6 Å². The molecular formula is C26H30N4O3S. The molecule has 178 valence electrons. The fraction of sp³-hybridized carbons (Fsp3) is 0.346. The van der Waals surface area contributed by atoms with Crippen molar-refractivity contribution in [1.29, 1.82) is 0 Å². The highest BCUT2D eigenvalue weighted by molar-refractivity contribution is 7.99. The number of hydrogen-bond donors (Lipinski definition) is 1. The van der Waals surface area contributed by atoms with Crippen molar-refractivity contribution in [3.63, 3.8) is 0 Å². The first-order chi connectivity index (χ1) is 16.6. The highest BCUT2D eigenvalue weighted by atomic mass is 32.2. The molecule has 0 aliphatic carbocycles. The Kier molecular flexibility index (Phi) is 7.90. The van der Waals surface area contributed by atoms with Gasteiger partial charge in [0.05, 0.1) is 12.2 Å². The number of anilines is 1. The smallest absolute Gasteiger partial charge is 0.338 e. The van der Waals surface area contributed by atoms with Gasteiger partial charge in [-0.2, -0.15) is 4.98 Å². The van der Waals surface area contributed by atoms with E-state index in [9.17, 15) is 4.79 Å². The predicted octanol–water partition coefficient (Wildman–Crippen LogP) is 5.60. The number of ether oxygens (including phenoxy) is 2. The number of hydrogen-bond acceptors (Lipinski definition) is 7. The lowest BCUT2D eigenvalue weighted by atomic mass is 9.95. The topological polar surface area (TPSA) is 78.3 Å². The van der Waals surface area contributed by atoms with Crippen molar-refractivity contribution in [3.05, 3.63) is 77.0 Å². The summed E-state index contributed by atoms with van der Waals surface area (Å²) in [4.78, 5) is 17.8. The standard InChI is InChI=1S/C26H30N4O3S/c1-4-6-16-34-26-28-25-27-18(3)22(24(31)32-5-2)23(30(25)29-26)20-14-10-11-15-21(20)33-17-19-12-8-7-9-13-19/h7-15,23H,4-6,16-17H2,1-3H3,(H,27,28,29). The van der Waals surface area contributed by atoms with E-state index in [1.807, 2.05) is 61.5 Å². The summed E-state index contributed by atoms with van der Waals surface area (Å²) in [5.41, 5.74) is 3.10. The van der Waals surface area contributed by atoms with Crippen LogP contribution in [0.5, 0.6) is 5.75 Å². The van der Waals surface area contributed by atoms with Crippen LogP contribution in [0.2, 0.25) is 0 Å². The number of carbonyl (C=O) groups is 1. The minimum atomic E-state index is -0.518. The molecule has 7 nitrogen and oxygen atoms in total. The molecule has 34 heavy (non-hydrogen) atoms. The monoisotopic (exact) mass is 478 g/mol. The zero-order chi connectivity index (χ0) is 23.9. The normalized spacial score (nSPS) is 15.0. The second-order valence-corrected chi connectivity index (χ2v) is 9.03. The Morgan fingerprint density at radius 2 is 1.88 bits per heavy atom. The van der Waals surface area contributed by atoms with Crippen LogP contribution in [0.25, 0.3) is 0 Å². The quantitative estimate of drug-likeness (QED) is 0.231. The van der Waals surface area contributed by atoms with E-state index < -0.39 is 6.04 Å². The van der Waals surface area contributed by atoms with Crippen molar-refractivity contribution in [2.45, 2.75) is 51.4 Å². The molecule has 0 saturated heterocycles. The van der Waals surface area contributed by atoms with Gasteiger partial charge in [0, 0.05) is 17.0 Å². The number of rotatable bonds is 10. The average Bonchev–Trinajstić information content (AvgIpc) is 3.25. The summed E-state index contributed by atoms with van der Waals surface area (Å²) < 4.78 is 13.4. The molecule has 0 bridgehead atoms. The lowest BCUT2D eigenvalue weighted by molar-refractivity contribution is -0.139. The summed E-state index contributed by atoms with van der Waals surface area (Å²) in [7, 11) is 0. The number of carbonyl (C=O) groups excluding carboxylic acids is 1. The molecule has 0 amide bonds. The summed E-state index contributed by atoms with van der Waals surface area (Å²) >= 11 is 1.62. The number of fused-ring (bicyclic) bond motifs is 1. The molecule has 0 radical (unpaired) electrons. The van der Waals surface area contributed by atoms with Crippen LogP contribution in [0.1, 0.15) is 50.8 Å². The Labute approximate surface area is 204 Å². The van der Waals surface area contributed by atoms with E-state index in [-0.39, 0.29) is 12.6 Å². The number of benzene rings is 2. The van der Waals surface area contributed by atoms with Gasteiger partial charge >= 0.3 is 5.97 Å². The lowest BCUT2D eigenvalue weighted by Crippen LogP contribution is -2.30. The Morgan fingerprint density at radius 1 is 1.12 bits per heavy atom. The SMILES string of the molecule is CCCCSc1nc2n(n1)C(c1ccccc1OCc1ccccc1)C(C(=O)OCC)=C(C)N2. The van der Waals surface area contributed by atoms with Crippen molar-refractivity contribution in [3.8, 4) is 5.75 Å². The largest absolute Gasteiger partial charge is 0.489 e. The molecule has 1 N–H and O–H groups in total. The Balaban J connectivity index is 1.73. The zero-order valence-electron chi connectivity index (χ0n) is 19.8. The first-order valence-corrected chi connectivity index (χ1v) is 12.6. The van der Waals surface area contributed by atoms with Gasteiger partial charge in [0.1, 0.15) is 18.4 Å². The van der Waals surface area contributed by atoms with Gasteiger partial charge in [0.25, 0.3) is 0 Å². The number of esters is 1. The van der Waals surface area contributed by atoms with E-state index in [0.29, 0.717) is 34.7 Å². The van der Waals surface area contributed by atoms with Crippen LogP contribution in [0.3, 0.4) is 0 Å². The minimum Gasteiger partial charge on any atom is -0.489 e. The molecular weight excluding hydrogens is 448 g/mol. The average molecular weight is 479 g/mol. The van der Waals surface area contributed by atoms with Gasteiger partial charge in [-0.3, -0.25) is 0 Å². The molecule has 1 atom stereocenters. The van der Waals surface area contributed by atoms with Crippen molar-refractivity contribution >= 4 is 23.7 Å². The molecule has 0 fully saturated rings. The summed E-state index contributed by atoms with van der Waals surface area (Å²) in [6.07, 6.45) is 2.20. The van der Waals surface area contributed by atoms with Crippen LogP contribution in [-0.2, 0) is 16.1 Å². The van der Waals surface area contributed by atoms with Crippen LogP contribution in [0.15, 0.2) is 71.0 Å². The van der Waals surface area contributed by atoms with E-state index in [4.69, 9.17) is 14.6 Å². The van der Waals surface area contributed by atoms with Gasteiger partial charge in [-0.15, -0.1) is 5.10 Å². The van der Waals surface area contributed by atoms with Crippen LogP contribution in [-0.4, -0.2) is 33.1 Å². The van der Waals surface area contributed by atoms with Gasteiger partial charge < -0.3 is 14.8 Å². The van der Waals surface area contributed by atoms with E-state index in [1.165, 1.54) is 0 Å². The molecule has 1 aliphatic heterocycles. The van der Waals surface area contributed by atoms with Gasteiger partial charge in [-0.05, 0) is 31.9 Å². The summed E-state index contributed by atoms with van der Waals surface area (Å²) in [5.74, 6) is 1.86. The van der Waals surface area contributed by atoms with Gasteiger partial charge in [-0.25, -0.2) is 9.48 Å². The Bertz CT molecular complexity index is 1160. The molecule has 0 spiro atoms. The molecule has 1 aliphatic rings. The van der Waals surface area contributed by atoms with Crippen LogP contribution < -0.4 is 10.1 Å². The van der Waals surface area contributed by atoms with Crippen LogP contribution >= 0.6 is 11.8 Å². The van der Waals surface area contributed by atoms with Crippen molar-refractivity contribution in [2.24, 2.45) is 0 Å². The number of thioether (sulfide) groups is 1. The third-order valence-corrected chi connectivity index (χ3v) is 6.43. The van der Waals surface area contributed by atoms with Gasteiger partial charge in [0.15, 0.2) is 0 Å². The second-order valence-electron chi connectivity index (χ2n) is 7.96. The fourth-order valence-corrected chi connectivity index (χ4v) is 4.75. The fourth-order valence-electron chi connectivity index (χ4n) is 3.83. The van der Waals surface area contributed by atoms with Gasteiger partial charge in [0.2, 0.25) is 11.1 Å². The Hall–Kier alpha value is -3.26. The van der Waals surface area contributed by atoms with E-state index in [0.717, 1.165) is 29.7 Å². The first-order valence-electron chi connectivity index (χ1n) is 11.6.